The van der Waals surface area contributed by atoms with Crippen LogP contribution in [0.2, 0.25) is 0 Å². The van der Waals surface area contributed by atoms with Crippen LogP contribution in [-0.4, -0.2) is 72.7 Å². The van der Waals surface area contributed by atoms with Gasteiger partial charge >= 0.3 is 0 Å². The summed E-state index contributed by atoms with van der Waals surface area (Å²) in [5.74, 6) is -0.424. The highest BCUT2D eigenvalue weighted by Crippen LogP contribution is 2.23. The van der Waals surface area contributed by atoms with Crippen LogP contribution >= 0.6 is 0 Å². The Hall–Kier alpha value is -1.69. The van der Waals surface area contributed by atoms with Gasteiger partial charge in [-0.3, -0.25) is 9.10 Å². The Labute approximate surface area is 160 Å². The second kappa shape index (κ2) is 9.00. The summed E-state index contributed by atoms with van der Waals surface area (Å²) in [7, 11) is -7.38. The van der Waals surface area contributed by atoms with E-state index in [1.54, 1.807) is 0 Å². The van der Waals surface area contributed by atoms with E-state index in [0.29, 0.717) is 19.8 Å². The number of morpholine rings is 1. The molecule has 1 amide bonds. The molecule has 0 radical (unpaired) electrons. The molecule has 9 nitrogen and oxygen atoms in total. The number of nitrogens with one attached hydrogen (secondary N) is 1. The molecule has 11 heteroatoms. The normalized spacial score (nSPS) is 16.1. The van der Waals surface area contributed by atoms with Crippen molar-refractivity contribution in [3.8, 4) is 0 Å². The molecule has 1 N–H and O–H groups in total. The quantitative estimate of drug-likeness (QED) is 0.635. The second-order valence-corrected chi connectivity index (χ2v) is 9.97. The third-order valence-electron chi connectivity index (χ3n) is 3.99. The highest BCUT2D eigenvalue weighted by molar-refractivity contribution is 7.92. The van der Waals surface area contributed by atoms with Gasteiger partial charge in [-0.25, -0.2) is 16.8 Å². The Bertz CT molecular complexity index is 847. The van der Waals surface area contributed by atoms with Gasteiger partial charge in [-0.1, -0.05) is 6.92 Å². The highest BCUT2D eigenvalue weighted by atomic mass is 32.2. The molecule has 152 valence electrons. The number of benzene rings is 1. The first-order valence-corrected chi connectivity index (χ1v) is 11.9. The van der Waals surface area contributed by atoms with Crippen molar-refractivity contribution in [2.75, 3.05) is 50.0 Å². The van der Waals surface area contributed by atoms with Gasteiger partial charge < -0.3 is 10.1 Å². The average Bonchev–Trinajstić information content (AvgIpc) is 2.64. The van der Waals surface area contributed by atoms with Gasteiger partial charge in [0.05, 0.1) is 30.1 Å². The van der Waals surface area contributed by atoms with E-state index < -0.39 is 26.0 Å². The first kappa shape index (κ1) is 21.6. The molecule has 2 rings (SSSR count). The van der Waals surface area contributed by atoms with Crippen molar-refractivity contribution >= 4 is 31.6 Å². The van der Waals surface area contributed by atoms with Crippen LogP contribution in [-0.2, 0) is 29.6 Å². The molecule has 1 fully saturated rings. The van der Waals surface area contributed by atoms with Gasteiger partial charge in [0, 0.05) is 19.6 Å². The lowest BCUT2D eigenvalue weighted by atomic mass is 10.3. The predicted molar refractivity (Wildman–Crippen MR) is 102 cm³/mol. The number of carbonyl (C=O) groups is 1. The summed E-state index contributed by atoms with van der Waals surface area (Å²) in [5.41, 5.74) is 0.227. The van der Waals surface area contributed by atoms with Gasteiger partial charge in [0.1, 0.15) is 6.54 Å². The topological polar surface area (TPSA) is 113 Å². The van der Waals surface area contributed by atoms with E-state index >= 15 is 0 Å². The third-order valence-corrected chi connectivity index (χ3v) is 7.05. The number of sulfonamides is 2. The van der Waals surface area contributed by atoms with E-state index in [-0.39, 0.29) is 30.2 Å². The number of ether oxygens (including phenoxy) is 1. The molecule has 0 saturated carbocycles. The minimum absolute atomic E-state index is 0.0667. The van der Waals surface area contributed by atoms with Gasteiger partial charge in [-0.15, -0.1) is 0 Å². The number of hydrogen-bond donors (Lipinski definition) is 1. The van der Waals surface area contributed by atoms with Crippen molar-refractivity contribution in [3.63, 3.8) is 0 Å². The predicted octanol–water partition coefficient (Wildman–Crippen LogP) is -0.000300. The zero-order valence-corrected chi connectivity index (χ0v) is 17.1. The minimum atomic E-state index is -3.71. The zero-order valence-electron chi connectivity index (χ0n) is 15.4. The molecule has 0 bridgehead atoms. The standard InChI is InChI=1S/C16H25N3O6S2/c1-3-8-17-16(20)13-19(26(2,21)22)14-4-6-15(7-5-14)27(23,24)18-9-11-25-12-10-18/h4-7H,3,8-13H2,1-2H3,(H,17,20). The first-order chi connectivity index (χ1) is 12.7. The monoisotopic (exact) mass is 419 g/mol. The van der Waals surface area contributed by atoms with Crippen molar-refractivity contribution in [2.45, 2.75) is 18.2 Å². The van der Waals surface area contributed by atoms with Gasteiger partial charge in [-0.2, -0.15) is 4.31 Å². The molecule has 1 heterocycles. The Morgan fingerprint density at radius 3 is 2.26 bits per heavy atom. The maximum Gasteiger partial charge on any atom is 0.243 e. The lowest BCUT2D eigenvalue weighted by Crippen LogP contribution is -2.41. The molecule has 27 heavy (non-hydrogen) atoms. The van der Waals surface area contributed by atoms with Crippen LogP contribution in [0.1, 0.15) is 13.3 Å². The number of carbonyl (C=O) groups excluding carboxylic acids is 1. The maximum absolute atomic E-state index is 12.6. The lowest BCUT2D eigenvalue weighted by molar-refractivity contribution is -0.119. The van der Waals surface area contributed by atoms with Crippen molar-refractivity contribution < 1.29 is 26.4 Å². The van der Waals surface area contributed by atoms with E-state index in [2.05, 4.69) is 5.32 Å². The Morgan fingerprint density at radius 2 is 1.74 bits per heavy atom. The fourth-order valence-electron chi connectivity index (χ4n) is 2.57. The highest BCUT2D eigenvalue weighted by Gasteiger charge is 2.27. The number of nitrogens with zero attached hydrogens (tertiary/aromatic N) is 2. The molecule has 0 unspecified atom stereocenters. The molecule has 1 aromatic carbocycles. The lowest BCUT2D eigenvalue weighted by Gasteiger charge is -2.26. The minimum Gasteiger partial charge on any atom is -0.379 e. The van der Waals surface area contributed by atoms with Crippen molar-refractivity contribution in [3.05, 3.63) is 24.3 Å². The molecule has 0 aromatic heterocycles. The van der Waals surface area contributed by atoms with E-state index in [4.69, 9.17) is 4.74 Å². The molecule has 0 atom stereocenters. The molecule has 0 spiro atoms. The molecule has 1 aliphatic rings. The van der Waals surface area contributed by atoms with Crippen LogP contribution < -0.4 is 9.62 Å². The van der Waals surface area contributed by atoms with Gasteiger partial charge in [0.15, 0.2) is 0 Å². The average molecular weight is 420 g/mol. The fraction of sp³-hybridized carbons (Fsp3) is 0.562. The Balaban J connectivity index is 2.22. The van der Waals surface area contributed by atoms with Crippen LogP contribution in [0, 0.1) is 0 Å². The van der Waals surface area contributed by atoms with Crippen LogP contribution in [0.4, 0.5) is 5.69 Å². The molecular weight excluding hydrogens is 394 g/mol. The number of amides is 1. The van der Waals surface area contributed by atoms with Gasteiger partial charge in [0.25, 0.3) is 0 Å². The van der Waals surface area contributed by atoms with E-state index in [1.165, 1.54) is 28.6 Å². The summed E-state index contributed by atoms with van der Waals surface area (Å²) >= 11 is 0. The molecule has 1 aromatic rings. The number of rotatable bonds is 8. The molecule has 1 aliphatic heterocycles. The van der Waals surface area contributed by atoms with Crippen molar-refractivity contribution in [1.29, 1.82) is 0 Å². The maximum atomic E-state index is 12.6. The Morgan fingerprint density at radius 1 is 1.15 bits per heavy atom. The molecular formula is C16H25N3O6S2. The van der Waals surface area contributed by atoms with Crippen LogP contribution in [0.5, 0.6) is 0 Å². The van der Waals surface area contributed by atoms with Crippen LogP contribution in [0.3, 0.4) is 0 Å². The summed E-state index contributed by atoms with van der Waals surface area (Å²) in [6.07, 6.45) is 1.73. The van der Waals surface area contributed by atoms with Gasteiger partial charge in [-0.05, 0) is 30.7 Å². The van der Waals surface area contributed by atoms with E-state index in [1.807, 2.05) is 6.92 Å². The summed E-state index contributed by atoms with van der Waals surface area (Å²) in [4.78, 5) is 12.0. The third kappa shape index (κ3) is 5.64. The SMILES string of the molecule is CCCNC(=O)CN(c1ccc(S(=O)(=O)N2CCOCC2)cc1)S(C)(=O)=O. The molecule has 1 saturated heterocycles. The second-order valence-electron chi connectivity index (χ2n) is 6.13. The van der Waals surface area contributed by atoms with Gasteiger partial charge in [0.2, 0.25) is 26.0 Å². The van der Waals surface area contributed by atoms with Crippen molar-refractivity contribution in [1.82, 2.24) is 9.62 Å². The number of hydrogen-bond acceptors (Lipinski definition) is 6. The fourth-order valence-corrected chi connectivity index (χ4v) is 4.84. The summed E-state index contributed by atoms with van der Waals surface area (Å²) in [6, 6.07) is 5.48. The van der Waals surface area contributed by atoms with E-state index in [0.717, 1.165) is 17.0 Å². The number of anilines is 1. The zero-order chi connectivity index (χ0) is 20.1. The smallest absolute Gasteiger partial charge is 0.243 e. The summed E-state index contributed by atoms with van der Waals surface area (Å²) in [5, 5.41) is 2.62. The van der Waals surface area contributed by atoms with Crippen LogP contribution in [0.15, 0.2) is 29.2 Å². The Kier molecular flexibility index (Phi) is 7.20. The first-order valence-electron chi connectivity index (χ1n) is 8.58. The largest absolute Gasteiger partial charge is 0.379 e. The molecule has 0 aliphatic carbocycles. The summed E-state index contributed by atoms with van der Waals surface area (Å²) in [6.45, 7) is 3.20. The van der Waals surface area contributed by atoms with Crippen LogP contribution in [0.25, 0.3) is 0 Å². The van der Waals surface area contributed by atoms with E-state index in [9.17, 15) is 21.6 Å². The summed E-state index contributed by atoms with van der Waals surface area (Å²) < 4.78 is 56.9. The van der Waals surface area contributed by atoms with Crippen molar-refractivity contribution in [2.24, 2.45) is 0 Å².